The quantitative estimate of drug-likeness (QED) is 0.133. The van der Waals surface area contributed by atoms with Crippen LogP contribution in [0.5, 0.6) is 0 Å². The highest BCUT2D eigenvalue weighted by Gasteiger charge is 2.21. The number of thiazole rings is 2. The number of anilines is 3. The monoisotopic (exact) mass is 990 g/mol. The molecule has 8 rings (SSSR count). The maximum absolute atomic E-state index is 12.9. The Morgan fingerprint density at radius 3 is 1.59 bits per heavy atom. The number of aromatic nitrogens is 6. The summed E-state index contributed by atoms with van der Waals surface area (Å²) in [4.78, 5) is 51.4. The first-order valence-electron chi connectivity index (χ1n) is 17.6. The van der Waals surface area contributed by atoms with Crippen LogP contribution in [-0.2, 0) is 14.6 Å². The predicted octanol–water partition coefficient (Wildman–Crippen LogP) is 11.1. The zero-order valence-electron chi connectivity index (χ0n) is 32.4. The number of nitrogens with zero attached hydrogens (tertiary/aromatic N) is 6. The van der Waals surface area contributed by atoms with E-state index in [2.05, 4.69) is 25.3 Å². The lowest BCUT2D eigenvalue weighted by Gasteiger charge is -2.10. The second-order valence-corrected chi connectivity index (χ2v) is 18.7. The van der Waals surface area contributed by atoms with Crippen molar-refractivity contribution in [3.63, 3.8) is 0 Å². The second-order valence-electron chi connectivity index (χ2n) is 12.6. The molecule has 4 heterocycles. The predicted molar refractivity (Wildman–Crippen MR) is 261 cm³/mol. The van der Waals surface area contributed by atoms with Gasteiger partial charge in [0.25, 0.3) is 17.1 Å². The van der Waals surface area contributed by atoms with Crippen molar-refractivity contribution >= 4 is 122 Å². The van der Waals surface area contributed by atoms with Crippen LogP contribution in [0, 0.1) is 13.8 Å². The summed E-state index contributed by atoms with van der Waals surface area (Å²) in [7, 11) is -3.48. The maximum atomic E-state index is 12.9. The van der Waals surface area contributed by atoms with Crippen molar-refractivity contribution < 1.29 is 18.3 Å². The molecule has 0 saturated heterocycles. The van der Waals surface area contributed by atoms with E-state index in [4.69, 9.17) is 62.0 Å². The molecule has 0 amide bonds. The summed E-state index contributed by atoms with van der Waals surface area (Å²) in [6.45, 7) is 6.34. The zero-order valence-corrected chi connectivity index (χ0v) is 37.9. The van der Waals surface area contributed by atoms with Crippen molar-refractivity contribution in [1.29, 1.82) is 0 Å². The molecular weight excluding hydrogens is 951 g/mol. The third-order valence-corrected chi connectivity index (χ3v) is 13.4. The third-order valence-electron chi connectivity index (χ3n) is 8.09. The average molecular weight is 993 g/mol. The lowest BCUT2D eigenvalue weighted by molar-refractivity contribution is -0.134. The molecule has 4 aromatic carbocycles. The molecule has 0 aliphatic heterocycles. The standard InChI is InChI=1S/C18H12Cl2N4OS.C14H12ClN3O3S2.C6H6ClN.C2H4O2.2CH4/c1-10-3-2-4-13(20)14(10)24-9-21-16-15(17(24)25)26-18(23-16)22-12-7-5-11(19)6-8-12;1-3-23(20,21)14-17-12-11(22-14)13(19)18(7-16-12)10-8(2)5-4-6-9(10)15;7-5-1-3-6(8)4-2-5;1-2(3)4;;/h2-9H,1H3,(H,22,23);4-7H,3H2,1-2H3;1-4H,8H2;1H3,(H,3,4);2*1H4. The van der Waals surface area contributed by atoms with Gasteiger partial charge >= 0.3 is 0 Å². The molecule has 0 aliphatic rings. The van der Waals surface area contributed by atoms with Gasteiger partial charge in [-0.05, 0) is 85.6 Å². The van der Waals surface area contributed by atoms with Crippen LogP contribution in [-0.4, -0.2) is 54.3 Å². The number of carboxylic acids is 1. The number of para-hydroxylation sites is 2. The third kappa shape index (κ3) is 13.1. The van der Waals surface area contributed by atoms with Crippen molar-refractivity contribution in [2.45, 2.75) is 46.9 Å². The fourth-order valence-electron chi connectivity index (χ4n) is 5.21. The minimum atomic E-state index is -3.48. The fourth-order valence-corrected chi connectivity index (χ4v) is 9.22. The normalized spacial score (nSPS) is 10.5. The number of sulfone groups is 1. The molecule has 4 N–H and O–H groups in total. The van der Waals surface area contributed by atoms with Gasteiger partial charge in [0, 0.05) is 28.3 Å². The van der Waals surface area contributed by atoms with E-state index in [0.29, 0.717) is 41.9 Å². The van der Waals surface area contributed by atoms with E-state index in [0.717, 1.165) is 45.8 Å². The Hall–Kier alpha value is -5.40. The maximum Gasteiger partial charge on any atom is 0.300 e. The van der Waals surface area contributed by atoms with Gasteiger partial charge in [0.15, 0.2) is 16.4 Å². The van der Waals surface area contributed by atoms with Crippen molar-refractivity contribution in [1.82, 2.24) is 29.1 Å². The van der Waals surface area contributed by atoms with Gasteiger partial charge in [-0.2, -0.15) is 4.98 Å². The highest BCUT2D eigenvalue weighted by atomic mass is 35.5. The largest absolute Gasteiger partial charge is 0.481 e. The van der Waals surface area contributed by atoms with Crippen LogP contribution < -0.4 is 22.2 Å². The van der Waals surface area contributed by atoms with E-state index in [-0.39, 0.29) is 46.4 Å². The second kappa shape index (κ2) is 22.8. The number of hydrogen-bond acceptors (Lipinski definition) is 13. The highest BCUT2D eigenvalue weighted by Crippen LogP contribution is 2.29. The van der Waals surface area contributed by atoms with Crippen LogP contribution in [0.2, 0.25) is 20.1 Å². The van der Waals surface area contributed by atoms with Gasteiger partial charge in [-0.1, -0.05) is 115 Å². The van der Waals surface area contributed by atoms with Crippen LogP contribution in [0.25, 0.3) is 32.1 Å². The number of aryl methyl sites for hydroxylation is 2. The summed E-state index contributed by atoms with van der Waals surface area (Å²) < 4.78 is 27.2. The van der Waals surface area contributed by atoms with E-state index in [1.54, 1.807) is 54.6 Å². The SMILES string of the molecule is C.C.CC(=O)O.CCS(=O)(=O)c1nc2ncn(-c3c(C)cccc3Cl)c(=O)c2s1.Cc1cccc(Cl)c1-n1cnc2nc(Nc3ccc(Cl)cc3)sc2c1=O.Nc1ccc(Cl)cc1. The van der Waals surface area contributed by atoms with Gasteiger partial charge in [0.05, 0.1) is 27.2 Å². The van der Waals surface area contributed by atoms with Crippen molar-refractivity contribution in [2.75, 3.05) is 16.8 Å². The van der Waals surface area contributed by atoms with Gasteiger partial charge in [-0.25, -0.2) is 23.4 Å². The first-order valence-corrected chi connectivity index (χ1v) is 22.4. The van der Waals surface area contributed by atoms with Gasteiger partial charge in [0.2, 0.25) is 14.2 Å². The summed E-state index contributed by atoms with van der Waals surface area (Å²) in [6.07, 6.45) is 2.78. The molecule has 4 aromatic heterocycles. The molecule has 14 nitrogen and oxygen atoms in total. The molecule has 0 saturated carbocycles. The first-order chi connectivity index (χ1) is 28.9. The molecule has 0 fully saturated rings. The zero-order chi connectivity index (χ0) is 44.6. The van der Waals surface area contributed by atoms with Crippen LogP contribution in [0.1, 0.15) is 39.8 Å². The van der Waals surface area contributed by atoms with Gasteiger partial charge in [0.1, 0.15) is 22.1 Å². The summed E-state index contributed by atoms with van der Waals surface area (Å²) in [6, 6.07) is 25.1. The minimum Gasteiger partial charge on any atom is -0.481 e. The Kier molecular flexibility index (Phi) is 18.8. The van der Waals surface area contributed by atoms with E-state index < -0.39 is 15.8 Å². The smallest absolute Gasteiger partial charge is 0.300 e. The molecule has 0 aliphatic carbocycles. The Labute approximate surface area is 391 Å². The number of nitrogen functional groups attached to an aromatic ring is 1. The number of fused-ring (bicyclic) bond motifs is 2. The van der Waals surface area contributed by atoms with Crippen molar-refractivity contribution in [2.24, 2.45) is 0 Å². The molecule has 0 spiro atoms. The Morgan fingerprint density at radius 2 is 1.16 bits per heavy atom. The van der Waals surface area contributed by atoms with E-state index >= 15 is 0 Å². The van der Waals surface area contributed by atoms with E-state index in [1.807, 2.05) is 44.2 Å². The molecule has 0 atom stereocenters. The number of nitrogens with one attached hydrogen (secondary N) is 1. The summed E-state index contributed by atoms with van der Waals surface area (Å²) in [5, 5.41) is 13.5. The van der Waals surface area contributed by atoms with Crippen LogP contribution in [0.15, 0.2) is 112 Å². The Morgan fingerprint density at radius 1 is 0.730 bits per heavy atom. The van der Waals surface area contributed by atoms with Crippen molar-refractivity contribution in [3.8, 4) is 11.4 Å². The fraction of sp³-hybridized carbons (Fsp3) is 0.167. The molecule has 63 heavy (non-hydrogen) atoms. The minimum absolute atomic E-state index is 0. The van der Waals surface area contributed by atoms with Crippen LogP contribution in [0.4, 0.5) is 16.5 Å². The molecule has 0 unspecified atom stereocenters. The number of carbonyl (C=O) groups is 1. The van der Waals surface area contributed by atoms with Gasteiger partial charge < -0.3 is 16.2 Å². The Bertz CT molecular complexity index is 3020. The van der Waals surface area contributed by atoms with Crippen molar-refractivity contribution in [3.05, 3.63) is 150 Å². The highest BCUT2D eigenvalue weighted by molar-refractivity contribution is 7.93. The first kappa shape index (κ1) is 51.9. The summed E-state index contributed by atoms with van der Waals surface area (Å²) in [5.74, 6) is -0.912. The van der Waals surface area contributed by atoms with E-state index in [1.165, 1.54) is 40.0 Å². The molecule has 332 valence electrons. The molecule has 21 heteroatoms. The van der Waals surface area contributed by atoms with Gasteiger partial charge in [-0.15, -0.1) is 0 Å². The summed E-state index contributed by atoms with van der Waals surface area (Å²) >= 11 is 26.0. The number of benzene rings is 4. The lowest BCUT2D eigenvalue weighted by Crippen LogP contribution is -2.19. The van der Waals surface area contributed by atoms with E-state index in [9.17, 15) is 18.0 Å². The lowest BCUT2D eigenvalue weighted by atomic mass is 10.2. The topological polar surface area (TPSA) is 205 Å². The van der Waals surface area contributed by atoms with Crippen LogP contribution >= 0.6 is 69.1 Å². The number of halogens is 4. The Balaban J connectivity index is 0.000000261. The average Bonchev–Trinajstić information content (AvgIpc) is 3.85. The molecule has 0 bridgehead atoms. The molecule has 8 aromatic rings. The van der Waals surface area contributed by atoms with Crippen LogP contribution in [0.3, 0.4) is 0 Å². The number of carboxylic acid groups (broad SMARTS) is 1. The number of aliphatic carboxylic acids is 1. The molecular formula is C42H42Cl4N8O6S3. The number of hydrogen-bond donors (Lipinski definition) is 3. The molecule has 0 radical (unpaired) electrons. The number of rotatable bonds is 6. The van der Waals surface area contributed by atoms with Gasteiger partial charge in [-0.3, -0.25) is 23.5 Å². The number of nitrogens with two attached hydrogens (primary N) is 1. The summed E-state index contributed by atoms with van der Waals surface area (Å²) in [5.41, 5.74) is 9.75.